The highest BCUT2D eigenvalue weighted by Gasteiger charge is 2.32. The third-order valence-electron chi connectivity index (χ3n) is 5.80. The monoisotopic (exact) mass is 426 g/mol. The molecule has 0 bridgehead atoms. The smallest absolute Gasteiger partial charge is 0.183 e. The Kier molecular flexibility index (Phi) is 8.15. The molecule has 0 saturated heterocycles. The minimum atomic E-state index is -0.214. The van der Waals surface area contributed by atoms with E-state index < -0.39 is 0 Å². The maximum atomic E-state index is 9.49. The summed E-state index contributed by atoms with van der Waals surface area (Å²) in [6.45, 7) is 15.8. The summed E-state index contributed by atoms with van der Waals surface area (Å²) in [7, 11) is 1.71. The molecule has 1 heterocycles. The van der Waals surface area contributed by atoms with E-state index in [1.807, 2.05) is 6.07 Å². The third kappa shape index (κ3) is 7.84. The van der Waals surface area contributed by atoms with Gasteiger partial charge < -0.3 is 14.2 Å². The second-order valence-electron chi connectivity index (χ2n) is 10.6. The zero-order valence-corrected chi connectivity index (χ0v) is 20.5. The summed E-state index contributed by atoms with van der Waals surface area (Å²) < 4.78 is 17.3. The van der Waals surface area contributed by atoms with Gasteiger partial charge in [0.25, 0.3) is 0 Å². The van der Waals surface area contributed by atoms with Crippen LogP contribution in [0.5, 0.6) is 5.75 Å². The van der Waals surface area contributed by atoms with Crippen LogP contribution in [0.3, 0.4) is 0 Å². The van der Waals surface area contributed by atoms with Crippen LogP contribution >= 0.6 is 0 Å². The summed E-state index contributed by atoms with van der Waals surface area (Å²) in [6.07, 6.45) is 3.88. The molecule has 1 aromatic rings. The van der Waals surface area contributed by atoms with E-state index in [2.05, 4.69) is 71.4 Å². The molecule has 0 aromatic carbocycles. The number of ether oxygens (including phenoxy) is 3. The van der Waals surface area contributed by atoms with Gasteiger partial charge in [-0.05, 0) is 64.0 Å². The van der Waals surface area contributed by atoms with Crippen molar-refractivity contribution in [3.8, 4) is 23.7 Å². The number of nitriles is 1. The molecule has 0 atom stereocenters. The summed E-state index contributed by atoms with van der Waals surface area (Å²) in [5.41, 5.74) is 0.533. The normalized spacial score (nSPS) is 19.1. The molecule has 0 N–H and O–H groups in total. The van der Waals surface area contributed by atoms with Crippen LogP contribution in [0.2, 0.25) is 0 Å². The van der Waals surface area contributed by atoms with Gasteiger partial charge in [-0.1, -0.05) is 26.7 Å². The van der Waals surface area contributed by atoms with Gasteiger partial charge in [0.1, 0.15) is 17.9 Å². The lowest BCUT2D eigenvalue weighted by Gasteiger charge is -2.35. The van der Waals surface area contributed by atoms with Crippen molar-refractivity contribution >= 4 is 0 Å². The van der Waals surface area contributed by atoms with Crippen molar-refractivity contribution in [1.82, 2.24) is 4.98 Å². The van der Waals surface area contributed by atoms with Crippen molar-refractivity contribution in [2.75, 3.05) is 13.7 Å². The first-order chi connectivity index (χ1) is 14.4. The van der Waals surface area contributed by atoms with E-state index in [4.69, 9.17) is 14.2 Å². The van der Waals surface area contributed by atoms with Crippen LogP contribution in [0.1, 0.15) is 85.5 Å². The molecule has 1 fully saturated rings. The topological polar surface area (TPSA) is 64.4 Å². The molecule has 2 rings (SSSR count). The van der Waals surface area contributed by atoms with E-state index in [-0.39, 0.29) is 34.3 Å². The number of aromatic nitrogens is 1. The van der Waals surface area contributed by atoms with Crippen molar-refractivity contribution in [2.24, 2.45) is 10.8 Å². The van der Waals surface area contributed by atoms with Crippen LogP contribution in [0.25, 0.3) is 0 Å². The van der Waals surface area contributed by atoms with Crippen molar-refractivity contribution in [1.29, 1.82) is 5.26 Å². The lowest BCUT2D eigenvalue weighted by Crippen LogP contribution is -2.39. The summed E-state index contributed by atoms with van der Waals surface area (Å²) >= 11 is 0. The Labute approximate surface area is 188 Å². The van der Waals surface area contributed by atoms with Gasteiger partial charge in [-0.25, -0.2) is 4.98 Å². The van der Waals surface area contributed by atoms with Gasteiger partial charge in [-0.15, -0.1) is 0 Å². The average Bonchev–Trinajstić information content (AvgIpc) is 2.67. The number of methoxy groups -OCH3 is 1. The van der Waals surface area contributed by atoms with Crippen molar-refractivity contribution in [3.63, 3.8) is 0 Å². The SMILES string of the molecule is CCC(C)(C)OCC(C)(C)CC(C)(C)C#Cc1ccc(OC2CC(OC)C2)c(C#N)n1. The van der Waals surface area contributed by atoms with Gasteiger partial charge in [0, 0.05) is 25.4 Å². The number of hydrogen-bond donors (Lipinski definition) is 0. The minimum absolute atomic E-state index is 0.00358. The Balaban J connectivity index is 2.03. The minimum Gasteiger partial charge on any atom is -0.487 e. The Morgan fingerprint density at radius 1 is 1.10 bits per heavy atom. The first-order valence-electron chi connectivity index (χ1n) is 11.2. The van der Waals surface area contributed by atoms with Crippen LogP contribution < -0.4 is 4.74 Å². The second-order valence-corrected chi connectivity index (χ2v) is 10.6. The molecule has 1 aromatic heterocycles. The highest BCUT2D eigenvalue weighted by molar-refractivity contribution is 5.42. The third-order valence-corrected chi connectivity index (χ3v) is 5.80. The predicted molar refractivity (Wildman–Crippen MR) is 123 cm³/mol. The van der Waals surface area contributed by atoms with E-state index in [1.165, 1.54) is 0 Å². The predicted octanol–water partition coefficient (Wildman–Crippen LogP) is 5.51. The molecule has 5 nitrogen and oxygen atoms in total. The van der Waals surface area contributed by atoms with E-state index in [0.717, 1.165) is 25.7 Å². The first kappa shape index (κ1) is 25.2. The average molecular weight is 427 g/mol. The fourth-order valence-electron chi connectivity index (χ4n) is 3.69. The highest BCUT2D eigenvalue weighted by atomic mass is 16.5. The first-order valence-corrected chi connectivity index (χ1v) is 11.2. The van der Waals surface area contributed by atoms with Gasteiger partial charge in [-0.3, -0.25) is 0 Å². The van der Waals surface area contributed by atoms with Crippen LogP contribution in [-0.2, 0) is 9.47 Å². The fourth-order valence-corrected chi connectivity index (χ4v) is 3.69. The van der Waals surface area contributed by atoms with E-state index in [9.17, 15) is 5.26 Å². The molecule has 31 heavy (non-hydrogen) atoms. The Hall–Kier alpha value is -2.08. The van der Waals surface area contributed by atoms with E-state index in [1.54, 1.807) is 13.2 Å². The fraction of sp³-hybridized carbons (Fsp3) is 0.692. The molecule has 5 heteroatoms. The zero-order valence-electron chi connectivity index (χ0n) is 20.5. The van der Waals surface area contributed by atoms with Crippen molar-refractivity contribution in [2.45, 2.75) is 92.0 Å². The van der Waals surface area contributed by atoms with Crippen LogP contribution in [0.15, 0.2) is 12.1 Å². The lowest BCUT2D eigenvalue weighted by atomic mass is 9.76. The molecular weight excluding hydrogens is 388 g/mol. The summed E-state index contributed by atoms with van der Waals surface area (Å²) in [4.78, 5) is 4.41. The molecule has 1 saturated carbocycles. The molecule has 170 valence electrons. The van der Waals surface area contributed by atoms with E-state index in [0.29, 0.717) is 18.1 Å². The quantitative estimate of drug-likeness (QED) is 0.487. The number of pyridine rings is 1. The molecule has 1 aliphatic carbocycles. The molecule has 1 aliphatic rings. The lowest BCUT2D eigenvalue weighted by molar-refractivity contribution is -0.0629. The molecule has 0 amide bonds. The molecule has 0 unspecified atom stereocenters. The standard InChI is InChI=1S/C26H38N2O3/c1-9-26(6,7)30-18-25(4,5)17-24(2,3)13-12-19-10-11-23(22(16-27)28-19)31-21-14-20(15-21)29-8/h10-11,20-21H,9,14-15,17-18H2,1-8H3. The molecule has 0 aliphatic heterocycles. The van der Waals surface area contributed by atoms with Gasteiger partial charge in [0.2, 0.25) is 0 Å². The molecule has 0 radical (unpaired) electrons. The summed E-state index contributed by atoms with van der Waals surface area (Å²) in [5, 5.41) is 9.49. The van der Waals surface area contributed by atoms with Crippen molar-refractivity contribution in [3.05, 3.63) is 23.5 Å². The van der Waals surface area contributed by atoms with Gasteiger partial charge in [0.05, 0.1) is 18.3 Å². The van der Waals surface area contributed by atoms with Gasteiger partial charge >= 0.3 is 0 Å². The van der Waals surface area contributed by atoms with Crippen molar-refractivity contribution < 1.29 is 14.2 Å². The second kappa shape index (κ2) is 10.0. The van der Waals surface area contributed by atoms with Crippen LogP contribution in [0.4, 0.5) is 0 Å². The van der Waals surface area contributed by atoms with Gasteiger partial charge in [0.15, 0.2) is 11.4 Å². The maximum absolute atomic E-state index is 9.49. The Morgan fingerprint density at radius 3 is 2.35 bits per heavy atom. The van der Waals surface area contributed by atoms with E-state index >= 15 is 0 Å². The van der Waals surface area contributed by atoms with Gasteiger partial charge in [-0.2, -0.15) is 5.26 Å². The highest BCUT2D eigenvalue weighted by Crippen LogP contribution is 2.35. The number of rotatable bonds is 9. The Bertz CT molecular complexity index is 850. The molecular formula is C26H38N2O3. The summed E-state index contributed by atoms with van der Waals surface area (Å²) in [6, 6.07) is 5.76. The summed E-state index contributed by atoms with van der Waals surface area (Å²) in [5.74, 6) is 7.03. The largest absolute Gasteiger partial charge is 0.487 e. The maximum Gasteiger partial charge on any atom is 0.183 e. The number of nitrogens with zero attached hydrogens (tertiary/aromatic N) is 2. The number of hydrogen-bond acceptors (Lipinski definition) is 5. The van der Waals surface area contributed by atoms with Crippen LogP contribution in [0, 0.1) is 34.0 Å². The zero-order chi connectivity index (χ0) is 23.3. The van der Waals surface area contributed by atoms with Crippen LogP contribution in [-0.4, -0.2) is 36.5 Å². The Morgan fingerprint density at radius 2 is 1.77 bits per heavy atom. The molecule has 0 spiro atoms.